The molecule has 0 saturated carbocycles. The van der Waals surface area contributed by atoms with Gasteiger partial charge in [-0.3, -0.25) is 14.4 Å². The maximum atomic E-state index is 12.7. The molecule has 124 valence electrons. The van der Waals surface area contributed by atoms with Crippen LogP contribution in [0.3, 0.4) is 0 Å². The van der Waals surface area contributed by atoms with Crippen LogP contribution in [0, 0.1) is 12.8 Å². The van der Waals surface area contributed by atoms with E-state index in [1.807, 2.05) is 13.0 Å². The molecular weight excluding hydrogens is 298 g/mol. The van der Waals surface area contributed by atoms with E-state index in [4.69, 9.17) is 9.47 Å². The van der Waals surface area contributed by atoms with E-state index in [1.54, 1.807) is 33.0 Å². The fourth-order valence-corrected chi connectivity index (χ4v) is 3.00. The van der Waals surface area contributed by atoms with Gasteiger partial charge in [0, 0.05) is 7.05 Å². The van der Waals surface area contributed by atoms with Gasteiger partial charge in [-0.15, -0.1) is 0 Å². The summed E-state index contributed by atoms with van der Waals surface area (Å²) in [4.78, 5) is 38.8. The number of ether oxygens (including phenoxy) is 2. The van der Waals surface area contributed by atoms with Crippen LogP contribution in [0.15, 0.2) is 18.2 Å². The van der Waals surface area contributed by atoms with Gasteiger partial charge >= 0.3 is 11.9 Å². The molecule has 1 aliphatic heterocycles. The first kappa shape index (κ1) is 17.0. The van der Waals surface area contributed by atoms with E-state index in [2.05, 4.69) is 0 Å². The van der Waals surface area contributed by atoms with Crippen molar-refractivity contribution in [1.82, 2.24) is 0 Å². The van der Waals surface area contributed by atoms with Crippen LogP contribution in [-0.2, 0) is 23.9 Å². The highest BCUT2D eigenvalue weighted by molar-refractivity contribution is 6.11. The number of likely N-dealkylation sites (N-methyl/N-ethyl adjacent to an activating group) is 1. The summed E-state index contributed by atoms with van der Waals surface area (Å²) in [6.07, 6.45) is 0. The van der Waals surface area contributed by atoms with Crippen LogP contribution in [0.25, 0.3) is 0 Å². The highest BCUT2D eigenvalue weighted by Crippen LogP contribution is 2.43. The van der Waals surface area contributed by atoms with Gasteiger partial charge in [0.1, 0.15) is 0 Å². The topological polar surface area (TPSA) is 72.9 Å². The smallest absolute Gasteiger partial charge is 0.321 e. The normalized spacial score (nSPS) is 16.5. The predicted molar refractivity (Wildman–Crippen MR) is 84.1 cm³/mol. The van der Waals surface area contributed by atoms with E-state index in [9.17, 15) is 14.4 Å². The van der Waals surface area contributed by atoms with Crippen LogP contribution in [-0.4, -0.2) is 38.1 Å². The second-order valence-corrected chi connectivity index (χ2v) is 5.37. The Kier molecular flexibility index (Phi) is 5.03. The highest BCUT2D eigenvalue weighted by Gasteiger charge is 2.48. The number of para-hydroxylation sites is 1. The zero-order valence-corrected chi connectivity index (χ0v) is 13.8. The highest BCUT2D eigenvalue weighted by atomic mass is 16.6. The van der Waals surface area contributed by atoms with Gasteiger partial charge < -0.3 is 14.4 Å². The van der Waals surface area contributed by atoms with Crippen molar-refractivity contribution in [1.29, 1.82) is 0 Å². The Morgan fingerprint density at radius 3 is 2.26 bits per heavy atom. The van der Waals surface area contributed by atoms with E-state index in [0.717, 1.165) is 11.3 Å². The molecule has 0 aromatic heterocycles. The molecule has 0 saturated heterocycles. The van der Waals surface area contributed by atoms with Crippen molar-refractivity contribution in [3.63, 3.8) is 0 Å². The molecule has 6 nitrogen and oxygen atoms in total. The third-order valence-electron chi connectivity index (χ3n) is 3.95. The van der Waals surface area contributed by atoms with E-state index in [1.165, 1.54) is 4.90 Å². The molecule has 1 aromatic rings. The number of amides is 1. The third kappa shape index (κ3) is 2.93. The molecule has 23 heavy (non-hydrogen) atoms. The number of anilines is 1. The second-order valence-electron chi connectivity index (χ2n) is 5.37. The fourth-order valence-electron chi connectivity index (χ4n) is 3.00. The number of hydrogen-bond donors (Lipinski definition) is 0. The van der Waals surface area contributed by atoms with Gasteiger partial charge in [0.15, 0.2) is 5.92 Å². The molecule has 1 unspecified atom stereocenters. The Morgan fingerprint density at radius 1 is 1.17 bits per heavy atom. The minimum absolute atomic E-state index is 0.131. The average molecular weight is 319 g/mol. The number of aryl methyl sites for hydroxylation is 1. The molecule has 0 N–H and O–H groups in total. The summed E-state index contributed by atoms with van der Waals surface area (Å²) >= 11 is 0. The first-order valence-electron chi connectivity index (χ1n) is 7.64. The van der Waals surface area contributed by atoms with Crippen molar-refractivity contribution in [3.05, 3.63) is 29.3 Å². The van der Waals surface area contributed by atoms with Crippen molar-refractivity contribution in [2.75, 3.05) is 25.2 Å². The summed E-state index contributed by atoms with van der Waals surface area (Å²) in [6, 6.07) is 5.45. The Hall–Kier alpha value is -2.37. The van der Waals surface area contributed by atoms with Crippen LogP contribution in [0.2, 0.25) is 0 Å². The summed E-state index contributed by atoms with van der Waals surface area (Å²) in [7, 11) is 1.64. The zero-order valence-electron chi connectivity index (χ0n) is 13.8. The predicted octanol–water partition coefficient (Wildman–Crippen LogP) is 1.80. The average Bonchev–Trinajstić information content (AvgIpc) is 2.74. The molecule has 0 spiro atoms. The van der Waals surface area contributed by atoms with Crippen LogP contribution in [0.5, 0.6) is 0 Å². The Balaban J connectivity index is 2.51. The lowest BCUT2D eigenvalue weighted by molar-refractivity contribution is -0.164. The number of benzene rings is 1. The van der Waals surface area contributed by atoms with Gasteiger partial charge in [0.25, 0.3) is 0 Å². The number of esters is 2. The molecule has 0 fully saturated rings. The van der Waals surface area contributed by atoms with Gasteiger partial charge in [-0.1, -0.05) is 18.2 Å². The van der Waals surface area contributed by atoms with Crippen molar-refractivity contribution in [2.45, 2.75) is 26.7 Å². The summed E-state index contributed by atoms with van der Waals surface area (Å²) in [5.41, 5.74) is 2.30. The SMILES string of the molecule is CCOC(=O)C(C(=O)OCC)C1C(=O)N(C)c2c(C)cccc21. The first-order valence-corrected chi connectivity index (χ1v) is 7.64. The van der Waals surface area contributed by atoms with Gasteiger partial charge in [-0.2, -0.15) is 0 Å². The van der Waals surface area contributed by atoms with Crippen molar-refractivity contribution in [2.24, 2.45) is 5.92 Å². The van der Waals surface area contributed by atoms with Crippen LogP contribution >= 0.6 is 0 Å². The maximum absolute atomic E-state index is 12.7. The van der Waals surface area contributed by atoms with Crippen molar-refractivity contribution < 1.29 is 23.9 Å². The molecule has 0 bridgehead atoms. The lowest BCUT2D eigenvalue weighted by Gasteiger charge is -2.19. The van der Waals surface area contributed by atoms with Gasteiger partial charge in [-0.25, -0.2) is 0 Å². The minimum Gasteiger partial charge on any atom is -0.465 e. The maximum Gasteiger partial charge on any atom is 0.321 e. The number of carbonyl (C=O) groups excluding carboxylic acids is 3. The zero-order chi connectivity index (χ0) is 17.1. The quantitative estimate of drug-likeness (QED) is 0.611. The van der Waals surface area contributed by atoms with Crippen LogP contribution in [0.4, 0.5) is 5.69 Å². The molecule has 1 amide bonds. The molecule has 1 aliphatic rings. The second kappa shape index (κ2) is 6.81. The number of hydrogen-bond acceptors (Lipinski definition) is 5. The molecule has 6 heteroatoms. The number of carbonyl (C=O) groups is 3. The summed E-state index contributed by atoms with van der Waals surface area (Å²) in [5.74, 6) is -3.96. The Bertz CT molecular complexity index is 622. The molecule has 1 aromatic carbocycles. The molecule has 2 rings (SSSR count). The molecule has 1 atom stereocenters. The van der Waals surface area contributed by atoms with Crippen molar-refractivity contribution >= 4 is 23.5 Å². The summed E-state index contributed by atoms with van der Waals surface area (Å²) < 4.78 is 10.0. The van der Waals surface area contributed by atoms with Gasteiger partial charge in [0.05, 0.1) is 24.8 Å². The monoisotopic (exact) mass is 319 g/mol. The standard InChI is InChI=1S/C17H21NO5/c1-5-22-16(20)13(17(21)23-6-2)12-11-9-7-8-10(3)14(11)18(4)15(12)19/h7-9,12-13H,5-6H2,1-4H3. The minimum atomic E-state index is -1.28. The number of rotatable bonds is 5. The molecule has 1 heterocycles. The number of fused-ring (bicyclic) bond motifs is 1. The summed E-state index contributed by atoms with van der Waals surface area (Å²) in [5, 5.41) is 0. The summed E-state index contributed by atoms with van der Waals surface area (Å²) in [6.45, 7) is 5.45. The van der Waals surface area contributed by atoms with E-state index < -0.39 is 23.8 Å². The van der Waals surface area contributed by atoms with Gasteiger partial charge in [0.2, 0.25) is 5.91 Å². The molecule has 0 radical (unpaired) electrons. The molecule has 0 aliphatic carbocycles. The van der Waals surface area contributed by atoms with Crippen LogP contribution in [0.1, 0.15) is 30.9 Å². The van der Waals surface area contributed by atoms with E-state index in [0.29, 0.717) is 5.56 Å². The van der Waals surface area contributed by atoms with E-state index in [-0.39, 0.29) is 19.1 Å². The van der Waals surface area contributed by atoms with E-state index >= 15 is 0 Å². The van der Waals surface area contributed by atoms with Crippen molar-refractivity contribution in [3.8, 4) is 0 Å². The lowest BCUT2D eigenvalue weighted by Crippen LogP contribution is -2.38. The van der Waals surface area contributed by atoms with Crippen LogP contribution < -0.4 is 4.90 Å². The Morgan fingerprint density at radius 2 is 1.74 bits per heavy atom. The third-order valence-corrected chi connectivity index (χ3v) is 3.95. The van der Waals surface area contributed by atoms with Gasteiger partial charge in [-0.05, 0) is 31.9 Å². The largest absolute Gasteiger partial charge is 0.465 e. The lowest BCUT2D eigenvalue weighted by atomic mass is 9.86. The molecular formula is C17H21NO5. The number of nitrogens with zero attached hydrogens (tertiary/aromatic N) is 1. The fraction of sp³-hybridized carbons (Fsp3) is 0.471. The Labute approximate surface area is 135 Å². The first-order chi connectivity index (χ1) is 10.9.